The average molecular weight is 243 g/mol. The van der Waals surface area contributed by atoms with Crippen LogP contribution in [0.3, 0.4) is 0 Å². The minimum absolute atomic E-state index is 0.0745. The van der Waals surface area contributed by atoms with E-state index in [2.05, 4.69) is 0 Å². The molecule has 0 radical (unpaired) electrons. The standard InChI is InChI=1S/C9H13N3O3S/c1-12(6-9(11)13)16(14,15)8-4-2-7(10)3-5-8/h2-5H,6,10H2,1H3,(H2,11,13). The first-order chi connectivity index (χ1) is 7.34. The average Bonchev–Trinajstić information content (AvgIpc) is 2.17. The van der Waals surface area contributed by atoms with Crippen LogP contribution >= 0.6 is 0 Å². The molecular formula is C9H13N3O3S. The summed E-state index contributed by atoms with van der Waals surface area (Å²) in [4.78, 5) is 10.7. The molecule has 0 aromatic heterocycles. The van der Waals surface area contributed by atoms with Crippen LogP contribution in [-0.4, -0.2) is 32.2 Å². The molecule has 1 aromatic carbocycles. The Hall–Kier alpha value is -1.60. The number of nitrogens with two attached hydrogens (primary N) is 2. The van der Waals surface area contributed by atoms with Crippen LogP contribution in [0.5, 0.6) is 0 Å². The van der Waals surface area contributed by atoms with Crippen LogP contribution in [0.15, 0.2) is 29.2 Å². The van der Waals surface area contributed by atoms with E-state index in [4.69, 9.17) is 11.5 Å². The largest absolute Gasteiger partial charge is 0.399 e. The molecule has 1 amide bonds. The van der Waals surface area contributed by atoms with Crippen LogP contribution in [0.25, 0.3) is 0 Å². The number of hydrogen-bond acceptors (Lipinski definition) is 4. The van der Waals surface area contributed by atoms with Crippen molar-refractivity contribution in [3.63, 3.8) is 0 Å². The summed E-state index contributed by atoms with van der Waals surface area (Å²) < 4.78 is 24.6. The topological polar surface area (TPSA) is 106 Å². The summed E-state index contributed by atoms with van der Waals surface area (Å²) in [5.41, 5.74) is 10.8. The smallest absolute Gasteiger partial charge is 0.243 e. The van der Waals surface area contributed by atoms with Crippen molar-refractivity contribution in [3.05, 3.63) is 24.3 Å². The van der Waals surface area contributed by atoms with Crippen LogP contribution in [0.2, 0.25) is 0 Å². The number of hydrogen-bond donors (Lipinski definition) is 2. The number of likely N-dealkylation sites (N-methyl/N-ethyl adjacent to an activating group) is 1. The zero-order chi connectivity index (χ0) is 12.3. The summed E-state index contributed by atoms with van der Waals surface area (Å²) in [6.45, 7) is -0.354. The van der Waals surface area contributed by atoms with Gasteiger partial charge >= 0.3 is 0 Å². The van der Waals surface area contributed by atoms with Crippen LogP contribution in [0, 0.1) is 0 Å². The first kappa shape index (κ1) is 12.5. The van der Waals surface area contributed by atoms with Crippen LogP contribution in [0.1, 0.15) is 0 Å². The molecule has 1 aromatic rings. The van der Waals surface area contributed by atoms with Crippen molar-refractivity contribution in [2.75, 3.05) is 19.3 Å². The molecule has 0 atom stereocenters. The highest BCUT2D eigenvalue weighted by Crippen LogP contribution is 2.15. The Morgan fingerprint density at radius 2 is 1.81 bits per heavy atom. The molecule has 0 heterocycles. The van der Waals surface area contributed by atoms with E-state index in [1.807, 2.05) is 0 Å². The predicted molar refractivity (Wildman–Crippen MR) is 59.9 cm³/mol. The molecule has 0 fully saturated rings. The van der Waals surface area contributed by atoms with Crippen molar-refractivity contribution in [2.45, 2.75) is 4.90 Å². The van der Waals surface area contributed by atoms with Gasteiger partial charge in [0.2, 0.25) is 15.9 Å². The van der Waals surface area contributed by atoms with Crippen molar-refractivity contribution >= 4 is 21.6 Å². The third-order valence-electron chi connectivity index (χ3n) is 1.97. The molecule has 0 unspecified atom stereocenters. The molecule has 88 valence electrons. The first-order valence-corrected chi connectivity index (χ1v) is 5.88. The van der Waals surface area contributed by atoms with E-state index in [0.29, 0.717) is 5.69 Å². The van der Waals surface area contributed by atoms with Crippen molar-refractivity contribution < 1.29 is 13.2 Å². The number of benzene rings is 1. The maximum absolute atomic E-state index is 11.9. The monoisotopic (exact) mass is 243 g/mol. The number of sulfonamides is 1. The van der Waals surface area contributed by atoms with Crippen molar-refractivity contribution in [3.8, 4) is 0 Å². The second-order valence-corrected chi connectivity index (χ2v) is 5.34. The molecule has 0 aliphatic carbocycles. The molecule has 0 spiro atoms. The van der Waals surface area contributed by atoms with E-state index in [-0.39, 0.29) is 11.4 Å². The lowest BCUT2D eigenvalue weighted by Gasteiger charge is -2.15. The molecular weight excluding hydrogens is 230 g/mol. The Bertz CT molecular complexity index is 481. The summed E-state index contributed by atoms with van der Waals surface area (Å²) in [5.74, 6) is -0.707. The third-order valence-corrected chi connectivity index (χ3v) is 3.78. The molecule has 1 rings (SSSR count). The highest BCUT2D eigenvalue weighted by Gasteiger charge is 2.21. The minimum Gasteiger partial charge on any atom is -0.399 e. The molecule has 16 heavy (non-hydrogen) atoms. The fraction of sp³-hybridized carbons (Fsp3) is 0.222. The Balaban J connectivity index is 3.02. The van der Waals surface area contributed by atoms with Gasteiger partial charge in [0.05, 0.1) is 11.4 Å². The third kappa shape index (κ3) is 2.71. The number of anilines is 1. The number of amides is 1. The van der Waals surface area contributed by atoms with Crippen molar-refractivity contribution in [1.82, 2.24) is 4.31 Å². The summed E-state index contributed by atoms with van der Waals surface area (Å²) in [7, 11) is -2.39. The highest BCUT2D eigenvalue weighted by molar-refractivity contribution is 7.89. The van der Waals surface area contributed by atoms with Gasteiger partial charge in [-0.25, -0.2) is 8.42 Å². The normalized spacial score (nSPS) is 11.6. The van der Waals surface area contributed by atoms with Crippen molar-refractivity contribution in [2.24, 2.45) is 5.73 Å². The Morgan fingerprint density at radius 3 is 2.25 bits per heavy atom. The van der Waals surface area contributed by atoms with Gasteiger partial charge < -0.3 is 11.5 Å². The van der Waals surface area contributed by atoms with Gasteiger partial charge in [0.15, 0.2) is 0 Å². The number of carbonyl (C=O) groups is 1. The maximum Gasteiger partial charge on any atom is 0.243 e. The first-order valence-electron chi connectivity index (χ1n) is 4.44. The second-order valence-electron chi connectivity index (χ2n) is 3.30. The van der Waals surface area contributed by atoms with E-state index in [1.54, 1.807) is 0 Å². The number of carbonyl (C=O) groups excluding carboxylic acids is 1. The SMILES string of the molecule is CN(CC(N)=O)S(=O)(=O)c1ccc(N)cc1. The lowest BCUT2D eigenvalue weighted by molar-refractivity contribution is -0.118. The van der Waals surface area contributed by atoms with Gasteiger partial charge in [-0.3, -0.25) is 4.79 Å². The number of rotatable bonds is 4. The van der Waals surface area contributed by atoms with Gasteiger partial charge in [0.1, 0.15) is 0 Å². The molecule has 0 bridgehead atoms. The fourth-order valence-corrected chi connectivity index (χ4v) is 2.26. The van der Waals surface area contributed by atoms with E-state index in [1.165, 1.54) is 31.3 Å². The molecule has 6 nitrogen and oxygen atoms in total. The van der Waals surface area contributed by atoms with Gasteiger partial charge in [-0.05, 0) is 24.3 Å². The van der Waals surface area contributed by atoms with Gasteiger partial charge in [0, 0.05) is 12.7 Å². The molecule has 7 heteroatoms. The Labute approximate surface area is 93.9 Å². The zero-order valence-corrected chi connectivity index (χ0v) is 9.57. The lowest BCUT2D eigenvalue weighted by Crippen LogP contribution is -2.35. The van der Waals surface area contributed by atoms with Gasteiger partial charge in [-0.1, -0.05) is 0 Å². The quantitative estimate of drug-likeness (QED) is 0.687. The van der Waals surface area contributed by atoms with Gasteiger partial charge in [0.25, 0.3) is 0 Å². The molecule has 4 N–H and O–H groups in total. The number of primary amides is 1. The maximum atomic E-state index is 11.9. The van der Waals surface area contributed by atoms with Crippen LogP contribution in [-0.2, 0) is 14.8 Å². The number of nitrogen functional groups attached to an aromatic ring is 1. The van der Waals surface area contributed by atoms with Gasteiger partial charge in [-0.15, -0.1) is 0 Å². The molecule has 0 saturated carbocycles. The highest BCUT2D eigenvalue weighted by atomic mass is 32.2. The lowest BCUT2D eigenvalue weighted by atomic mass is 10.3. The summed E-state index contributed by atoms with van der Waals surface area (Å²) >= 11 is 0. The minimum atomic E-state index is -3.67. The Morgan fingerprint density at radius 1 is 1.31 bits per heavy atom. The fourth-order valence-electron chi connectivity index (χ4n) is 1.12. The van der Waals surface area contributed by atoms with E-state index in [9.17, 15) is 13.2 Å². The van der Waals surface area contributed by atoms with Crippen LogP contribution < -0.4 is 11.5 Å². The molecule has 0 aliphatic rings. The zero-order valence-electron chi connectivity index (χ0n) is 8.75. The molecule has 0 aliphatic heterocycles. The predicted octanol–water partition coefficient (Wildman–Crippen LogP) is -0.625. The van der Waals surface area contributed by atoms with E-state index in [0.717, 1.165) is 4.31 Å². The number of nitrogens with zero attached hydrogens (tertiary/aromatic N) is 1. The van der Waals surface area contributed by atoms with E-state index >= 15 is 0 Å². The van der Waals surface area contributed by atoms with Crippen LogP contribution in [0.4, 0.5) is 5.69 Å². The molecule has 0 saturated heterocycles. The second kappa shape index (κ2) is 4.50. The Kier molecular flexibility index (Phi) is 3.51. The summed E-state index contributed by atoms with van der Waals surface area (Å²) in [6, 6.07) is 5.71. The van der Waals surface area contributed by atoms with Crippen molar-refractivity contribution in [1.29, 1.82) is 0 Å². The summed E-state index contributed by atoms with van der Waals surface area (Å²) in [5, 5.41) is 0. The van der Waals surface area contributed by atoms with E-state index < -0.39 is 15.9 Å². The van der Waals surface area contributed by atoms with Gasteiger partial charge in [-0.2, -0.15) is 4.31 Å². The summed E-state index contributed by atoms with van der Waals surface area (Å²) in [6.07, 6.45) is 0.